The molecule has 0 saturated carbocycles. The van der Waals surface area contributed by atoms with Gasteiger partial charge in [-0.25, -0.2) is 4.98 Å². The summed E-state index contributed by atoms with van der Waals surface area (Å²) in [5, 5.41) is 4.92. The predicted molar refractivity (Wildman–Crippen MR) is 87.4 cm³/mol. The van der Waals surface area contributed by atoms with E-state index < -0.39 is 0 Å². The van der Waals surface area contributed by atoms with E-state index in [1.165, 1.54) is 48.6 Å². The molecule has 0 saturated heterocycles. The summed E-state index contributed by atoms with van der Waals surface area (Å²) in [5.74, 6) is 3.03. The number of thiazole rings is 1. The summed E-state index contributed by atoms with van der Waals surface area (Å²) in [6.45, 7) is 6.72. The topological polar surface area (TPSA) is 24.9 Å². The predicted octanol–water partition coefficient (Wildman–Crippen LogP) is 4.21. The van der Waals surface area contributed by atoms with Crippen molar-refractivity contribution >= 4 is 23.1 Å². The Morgan fingerprint density at radius 2 is 2.26 bits per heavy atom. The molecule has 0 aromatic carbocycles. The van der Waals surface area contributed by atoms with Crippen molar-refractivity contribution in [2.75, 3.05) is 18.8 Å². The summed E-state index contributed by atoms with van der Waals surface area (Å²) in [4.78, 5) is 6.51. The van der Waals surface area contributed by atoms with Crippen molar-refractivity contribution in [1.29, 1.82) is 0 Å². The Labute approximate surface area is 125 Å². The van der Waals surface area contributed by atoms with Gasteiger partial charge in [0.05, 0.1) is 5.69 Å². The van der Waals surface area contributed by atoms with Crippen molar-refractivity contribution in [2.45, 2.75) is 57.6 Å². The first-order valence-electron chi connectivity index (χ1n) is 7.62. The zero-order chi connectivity index (χ0) is 13.5. The Balaban J connectivity index is 1.94. The minimum absolute atomic E-state index is 0.663. The van der Waals surface area contributed by atoms with Crippen molar-refractivity contribution < 1.29 is 0 Å². The smallest absolute Gasteiger partial charge is 0.103 e. The van der Waals surface area contributed by atoms with Crippen molar-refractivity contribution in [3.63, 3.8) is 0 Å². The van der Waals surface area contributed by atoms with E-state index in [1.54, 1.807) is 4.88 Å². The number of fused-ring (bicyclic) bond motifs is 1. The van der Waals surface area contributed by atoms with Crippen LogP contribution in [0.4, 0.5) is 0 Å². The van der Waals surface area contributed by atoms with Gasteiger partial charge in [-0.2, -0.15) is 11.8 Å². The second kappa shape index (κ2) is 8.28. The molecule has 1 N–H and O–H groups in total. The molecule has 1 atom stereocenters. The summed E-state index contributed by atoms with van der Waals surface area (Å²) in [6, 6.07) is 0. The fraction of sp³-hybridized carbons (Fsp3) is 0.800. The SMILES string of the molecule is CCCNCC1CCCc2sc(CSCCC)nc21. The van der Waals surface area contributed by atoms with Gasteiger partial charge in [0.25, 0.3) is 0 Å². The number of nitrogens with zero attached hydrogens (tertiary/aromatic N) is 1. The summed E-state index contributed by atoms with van der Waals surface area (Å²) in [7, 11) is 0. The molecule has 0 radical (unpaired) electrons. The van der Waals surface area contributed by atoms with Crippen LogP contribution in [-0.2, 0) is 12.2 Å². The maximum atomic E-state index is 4.94. The molecule has 19 heavy (non-hydrogen) atoms. The van der Waals surface area contributed by atoms with Crippen molar-refractivity contribution in [1.82, 2.24) is 10.3 Å². The van der Waals surface area contributed by atoms with Gasteiger partial charge in [0.15, 0.2) is 0 Å². The van der Waals surface area contributed by atoms with E-state index >= 15 is 0 Å². The first-order chi connectivity index (χ1) is 9.35. The molecule has 2 nitrogen and oxygen atoms in total. The van der Waals surface area contributed by atoms with Crippen LogP contribution in [0, 0.1) is 0 Å². The molecule has 1 aliphatic carbocycles. The fourth-order valence-corrected chi connectivity index (χ4v) is 4.72. The number of nitrogens with one attached hydrogen (secondary N) is 1. The van der Waals surface area contributed by atoms with Crippen LogP contribution >= 0.6 is 23.1 Å². The normalized spacial score (nSPS) is 18.5. The number of thioether (sulfide) groups is 1. The number of aryl methyl sites for hydroxylation is 1. The highest BCUT2D eigenvalue weighted by Crippen LogP contribution is 2.35. The third-order valence-electron chi connectivity index (χ3n) is 3.51. The van der Waals surface area contributed by atoms with Gasteiger partial charge in [0, 0.05) is 23.1 Å². The van der Waals surface area contributed by atoms with Gasteiger partial charge in [-0.15, -0.1) is 11.3 Å². The Kier molecular flexibility index (Phi) is 6.68. The highest BCUT2D eigenvalue weighted by Gasteiger charge is 2.24. The van der Waals surface area contributed by atoms with Crippen LogP contribution in [0.3, 0.4) is 0 Å². The van der Waals surface area contributed by atoms with Crippen molar-refractivity contribution in [2.24, 2.45) is 0 Å². The van der Waals surface area contributed by atoms with E-state index in [9.17, 15) is 0 Å². The molecule has 0 spiro atoms. The number of hydrogen-bond donors (Lipinski definition) is 1. The van der Waals surface area contributed by atoms with Gasteiger partial charge in [-0.05, 0) is 44.4 Å². The Bertz CT molecular complexity index is 376. The van der Waals surface area contributed by atoms with Crippen LogP contribution < -0.4 is 5.32 Å². The van der Waals surface area contributed by atoms with E-state index in [-0.39, 0.29) is 0 Å². The van der Waals surface area contributed by atoms with Gasteiger partial charge in [-0.3, -0.25) is 0 Å². The molecule has 1 aromatic heterocycles. The van der Waals surface area contributed by atoms with Crippen LogP contribution in [-0.4, -0.2) is 23.8 Å². The highest BCUT2D eigenvalue weighted by atomic mass is 32.2. The van der Waals surface area contributed by atoms with Crippen LogP contribution in [0.1, 0.15) is 61.0 Å². The molecular formula is C15H26N2S2. The Hall–Kier alpha value is -0.0600. The molecule has 0 bridgehead atoms. The van der Waals surface area contributed by atoms with E-state index in [2.05, 4.69) is 19.2 Å². The monoisotopic (exact) mass is 298 g/mol. The van der Waals surface area contributed by atoms with E-state index in [4.69, 9.17) is 4.98 Å². The molecule has 0 amide bonds. The lowest BCUT2D eigenvalue weighted by molar-refractivity contribution is 0.501. The molecule has 2 rings (SSSR count). The molecule has 1 unspecified atom stereocenters. The first-order valence-corrected chi connectivity index (χ1v) is 9.59. The van der Waals surface area contributed by atoms with Crippen LogP contribution in [0.25, 0.3) is 0 Å². The van der Waals surface area contributed by atoms with E-state index in [0.717, 1.165) is 18.8 Å². The highest BCUT2D eigenvalue weighted by molar-refractivity contribution is 7.98. The number of aromatic nitrogens is 1. The van der Waals surface area contributed by atoms with Crippen molar-refractivity contribution in [3.8, 4) is 0 Å². The molecule has 4 heteroatoms. The summed E-state index contributed by atoms with van der Waals surface area (Å²) >= 11 is 3.99. The molecule has 0 fully saturated rings. The van der Waals surface area contributed by atoms with Crippen molar-refractivity contribution in [3.05, 3.63) is 15.6 Å². The molecular weight excluding hydrogens is 272 g/mol. The Morgan fingerprint density at radius 3 is 3.05 bits per heavy atom. The second-order valence-electron chi connectivity index (χ2n) is 5.26. The average Bonchev–Trinajstić information content (AvgIpc) is 2.83. The molecule has 1 heterocycles. The number of hydrogen-bond acceptors (Lipinski definition) is 4. The first kappa shape index (κ1) is 15.3. The lowest BCUT2D eigenvalue weighted by atomic mass is 9.91. The number of rotatable bonds is 8. The average molecular weight is 299 g/mol. The third-order valence-corrected chi connectivity index (χ3v) is 5.99. The molecule has 1 aromatic rings. The lowest BCUT2D eigenvalue weighted by Gasteiger charge is -2.21. The molecule has 0 aliphatic heterocycles. The lowest BCUT2D eigenvalue weighted by Crippen LogP contribution is -2.24. The summed E-state index contributed by atoms with van der Waals surface area (Å²) in [6.07, 6.45) is 6.40. The Morgan fingerprint density at radius 1 is 1.37 bits per heavy atom. The van der Waals surface area contributed by atoms with Crippen LogP contribution in [0.5, 0.6) is 0 Å². The van der Waals surface area contributed by atoms with Gasteiger partial charge in [0.1, 0.15) is 5.01 Å². The standard InChI is InChI=1S/C15H26N2S2/c1-3-8-16-10-12-6-5-7-13-15(12)17-14(19-13)11-18-9-4-2/h12,16H,3-11H2,1-2H3. The minimum Gasteiger partial charge on any atom is -0.316 e. The summed E-state index contributed by atoms with van der Waals surface area (Å²) in [5.41, 5.74) is 1.42. The van der Waals surface area contributed by atoms with E-state index in [0.29, 0.717) is 5.92 Å². The fourth-order valence-electron chi connectivity index (χ4n) is 2.58. The largest absolute Gasteiger partial charge is 0.316 e. The van der Waals surface area contributed by atoms with E-state index in [1.807, 2.05) is 23.1 Å². The molecule has 1 aliphatic rings. The minimum atomic E-state index is 0.663. The van der Waals surface area contributed by atoms with Gasteiger partial charge >= 0.3 is 0 Å². The molecule has 108 valence electrons. The summed E-state index contributed by atoms with van der Waals surface area (Å²) < 4.78 is 0. The zero-order valence-corrected chi connectivity index (χ0v) is 13.8. The van der Waals surface area contributed by atoms with Crippen LogP contribution in [0.2, 0.25) is 0 Å². The van der Waals surface area contributed by atoms with Crippen LogP contribution in [0.15, 0.2) is 0 Å². The quantitative estimate of drug-likeness (QED) is 0.728. The second-order valence-corrected chi connectivity index (χ2v) is 7.54. The zero-order valence-electron chi connectivity index (χ0n) is 12.2. The van der Waals surface area contributed by atoms with Gasteiger partial charge < -0.3 is 5.32 Å². The van der Waals surface area contributed by atoms with Gasteiger partial charge in [0.2, 0.25) is 0 Å². The third kappa shape index (κ3) is 4.47. The van der Waals surface area contributed by atoms with Gasteiger partial charge in [-0.1, -0.05) is 13.8 Å². The maximum absolute atomic E-state index is 4.94. The maximum Gasteiger partial charge on any atom is 0.103 e.